The van der Waals surface area contributed by atoms with Crippen LogP contribution in [0.1, 0.15) is 28.7 Å². The Bertz CT molecular complexity index is 642. The molecule has 22 heavy (non-hydrogen) atoms. The van der Waals surface area contributed by atoms with Crippen LogP contribution in [-0.2, 0) is 11.3 Å². The Balaban J connectivity index is 2.13. The van der Waals surface area contributed by atoms with Crippen molar-refractivity contribution in [1.82, 2.24) is 9.97 Å². The number of aryl methyl sites for hydroxylation is 1. The van der Waals surface area contributed by atoms with E-state index >= 15 is 0 Å². The largest absolute Gasteiger partial charge is 0.497 e. The molecule has 0 aliphatic carbocycles. The number of hydrogen-bond donors (Lipinski definition) is 1. The van der Waals surface area contributed by atoms with Gasteiger partial charge in [0.1, 0.15) is 5.75 Å². The van der Waals surface area contributed by atoms with Gasteiger partial charge >= 0.3 is 5.97 Å². The van der Waals surface area contributed by atoms with Crippen LogP contribution in [0.15, 0.2) is 30.5 Å². The molecular weight excluding hydrogens is 282 g/mol. The van der Waals surface area contributed by atoms with E-state index in [0.717, 1.165) is 17.0 Å². The number of hydrogen-bond acceptors (Lipinski definition) is 6. The highest BCUT2D eigenvalue weighted by atomic mass is 16.5. The van der Waals surface area contributed by atoms with Crippen LogP contribution < -0.4 is 10.1 Å². The number of nitrogens with zero attached hydrogens (tertiary/aromatic N) is 2. The molecule has 0 saturated carbocycles. The maximum Gasteiger partial charge on any atom is 0.360 e. The number of ether oxygens (including phenoxy) is 2. The number of nitrogens with one attached hydrogen (secondary N) is 1. The number of rotatable bonds is 6. The molecule has 0 radical (unpaired) electrons. The van der Waals surface area contributed by atoms with E-state index in [4.69, 9.17) is 9.47 Å². The molecule has 0 unspecified atom stereocenters. The summed E-state index contributed by atoms with van der Waals surface area (Å²) >= 11 is 0. The molecule has 0 saturated heterocycles. The Labute approximate surface area is 129 Å². The van der Waals surface area contributed by atoms with Crippen molar-refractivity contribution in [3.8, 4) is 5.75 Å². The third-order valence-corrected chi connectivity index (χ3v) is 2.98. The predicted octanol–water partition coefficient (Wildman–Crippen LogP) is 2.58. The van der Waals surface area contributed by atoms with Crippen LogP contribution in [0.25, 0.3) is 0 Å². The normalized spacial score (nSPS) is 10.1. The first-order chi connectivity index (χ1) is 10.6. The number of methoxy groups -OCH3 is 1. The van der Waals surface area contributed by atoms with Crippen LogP contribution in [0.3, 0.4) is 0 Å². The Morgan fingerprint density at radius 3 is 2.64 bits per heavy atom. The molecule has 2 rings (SSSR count). The number of anilines is 1. The number of benzene rings is 1. The molecule has 1 aromatic carbocycles. The highest BCUT2D eigenvalue weighted by Crippen LogP contribution is 2.15. The van der Waals surface area contributed by atoms with Crippen LogP contribution in [0.4, 0.5) is 5.82 Å². The predicted molar refractivity (Wildman–Crippen MR) is 83.0 cm³/mol. The fraction of sp³-hybridized carbons (Fsp3) is 0.312. The number of esters is 1. The summed E-state index contributed by atoms with van der Waals surface area (Å²) in [5.74, 6) is 0.743. The van der Waals surface area contributed by atoms with Crippen LogP contribution in [0, 0.1) is 6.92 Å². The zero-order valence-corrected chi connectivity index (χ0v) is 12.9. The topological polar surface area (TPSA) is 73.3 Å². The van der Waals surface area contributed by atoms with E-state index in [2.05, 4.69) is 15.3 Å². The molecule has 0 aliphatic heterocycles. The first-order valence-electron chi connectivity index (χ1n) is 7.01. The average molecular weight is 301 g/mol. The third kappa shape index (κ3) is 3.94. The van der Waals surface area contributed by atoms with Crippen LogP contribution in [0.2, 0.25) is 0 Å². The monoisotopic (exact) mass is 301 g/mol. The molecular formula is C16H19N3O3. The quantitative estimate of drug-likeness (QED) is 0.827. The van der Waals surface area contributed by atoms with Gasteiger partial charge in [-0.25, -0.2) is 14.8 Å². The summed E-state index contributed by atoms with van der Waals surface area (Å²) in [4.78, 5) is 20.3. The van der Waals surface area contributed by atoms with Crippen molar-refractivity contribution in [2.45, 2.75) is 20.4 Å². The van der Waals surface area contributed by atoms with E-state index in [1.165, 1.54) is 0 Å². The van der Waals surface area contributed by atoms with Crippen molar-refractivity contribution in [2.24, 2.45) is 0 Å². The zero-order valence-electron chi connectivity index (χ0n) is 12.9. The number of carbonyl (C=O) groups is 1. The van der Waals surface area contributed by atoms with E-state index in [-0.39, 0.29) is 5.69 Å². The zero-order chi connectivity index (χ0) is 15.9. The van der Waals surface area contributed by atoms with Gasteiger partial charge in [0, 0.05) is 12.7 Å². The second kappa shape index (κ2) is 7.40. The molecule has 0 atom stereocenters. The van der Waals surface area contributed by atoms with Crippen LogP contribution >= 0.6 is 0 Å². The second-order valence-corrected chi connectivity index (χ2v) is 4.63. The highest BCUT2D eigenvalue weighted by molar-refractivity contribution is 5.92. The molecule has 0 fully saturated rings. The van der Waals surface area contributed by atoms with Gasteiger partial charge in [0.25, 0.3) is 0 Å². The molecule has 2 aromatic rings. The number of carbonyl (C=O) groups excluding carboxylic acids is 1. The molecule has 6 nitrogen and oxygen atoms in total. The van der Waals surface area contributed by atoms with Gasteiger partial charge in [-0.2, -0.15) is 0 Å². The maximum atomic E-state index is 11.9. The molecule has 1 heterocycles. The van der Waals surface area contributed by atoms with E-state index < -0.39 is 5.97 Å². The van der Waals surface area contributed by atoms with Gasteiger partial charge in [0.2, 0.25) is 0 Å². The summed E-state index contributed by atoms with van der Waals surface area (Å²) in [5, 5.41) is 3.13. The minimum atomic E-state index is -0.479. The van der Waals surface area contributed by atoms with Gasteiger partial charge in [-0.1, -0.05) is 12.1 Å². The summed E-state index contributed by atoms with van der Waals surface area (Å²) in [6.07, 6.45) is 1.55. The summed E-state index contributed by atoms with van der Waals surface area (Å²) in [6, 6.07) is 7.65. The lowest BCUT2D eigenvalue weighted by molar-refractivity contribution is 0.0520. The minimum absolute atomic E-state index is 0.195. The lowest BCUT2D eigenvalue weighted by Crippen LogP contribution is -2.14. The standard InChI is InChI=1S/C16H19N3O3/c1-4-22-16(20)14-15(19-11(2)9-17-14)18-10-12-5-7-13(21-3)8-6-12/h5-9H,4,10H2,1-3H3,(H,18,19). The van der Waals surface area contributed by atoms with Crippen LogP contribution in [-0.4, -0.2) is 29.7 Å². The van der Waals surface area contributed by atoms with Crippen molar-refractivity contribution >= 4 is 11.8 Å². The smallest absolute Gasteiger partial charge is 0.360 e. The first kappa shape index (κ1) is 15.8. The highest BCUT2D eigenvalue weighted by Gasteiger charge is 2.15. The third-order valence-electron chi connectivity index (χ3n) is 2.98. The summed E-state index contributed by atoms with van der Waals surface area (Å²) in [5.41, 5.74) is 1.96. The lowest BCUT2D eigenvalue weighted by Gasteiger charge is -2.10. The maximum absolute atomic E-state index is 11.9. The van der Waals surface area contributed by atoms with Crippen LogP contribution in [0.5, 0.6) is 5.75 Å². The Hall–Kier alpha value is -2.63. The lowest BCUT2D eigenvalue weighted by atomic mass is 10.2. The minimum Gasteiger partial charge on any atom is -0.497 e. The average Bonchev–Trinajstić information content (AvgIpc) is 2.53. The van der Waals surface area contributed by atoms with Gasteiger partial charge in [0.15, 0.2) is 11.5 Å². The molecule has 0 spiro atoms. The fourth-order valence-electron chi connectivity index (χ4n) is 1.88. The number of aromatic nitrogens is 2. The van der Waals surface area contributed by atoms with E-state index in [9.17, 15) is 4.79 Å². The summed E-state index contributed by atoms with van der Waals surface area (Å²) < 4.78 is 10.1. The van der Waals surface area contributed by atoms with Gasteiger partial charge in [-0.15, -0.1) is 0 Å². The van der Waals surface area contributed by atoms with Crippen molar-refractivity contribution in [3.63, 3.8) is 0 Å². The molecule has 116 valence electrons. The molecule has 0 aliphatic rings. The second-order valence-electron chi connectivity index (χ2n) is 4.63. The SMILES string of the molecule is CCOC(=O)c1ncc(C)nc1NCc1ccc(OC)cc1. The van der Waals surface area contributed by atoms with Crippen molar-refractivity contribution in [3.05, 3.63) is 47.4 Å². The Morgan fingerprint density at radius 2 is 2.00 bits per heavy atom. The summed E-state index contributed by atoms with van der Waals surface area (Å²) in [7, 11) is 1.63. The molecule has 0 amide bonds. The van der Waals surface area contributed by atoms with E-state index in [1.54, 1.807) is 20.2 Å². The van der Waals surface area contributed by atoms with Crippen molar-refractivity contribution < 1.29 is 14.3 Å². The van der Waals surface area contributed by atoms with Crippen molar-refractivity contribution in [2.75, 3.05) is 19.0 Å². The fourth-order valence-corrected chi connectivity index (χ4v) is 1.88. The van der Waals surface area contributed by atoms with Gasteiger partial charge in [0.05, 0.1) is 19.4 Å². The Morgan fingerprint density at radius 1 is 1.27 bits per heavy atom. The molecule has 0 bridgehead atoms. The molecule has 1 N–H and O–H groups in total. The van der Waals surface area contributed by atoms with Crippen molar-refractivity contribution in [1.29, 1.82) is 0 Å². The van der Waals surface area contributed by atoms with E-state index in [0.29, 0.717) is 19.0 Å². The van der Waals surface area contributed by atoms with Gasteiger partial charge in [-0.05, 0) is 31.5 Å². The first-order valence-corrected chi connectivity index (χ1v) is 7.01. The molecule has 1 aromatic heterocycles. The molecule has 6 heteroatoms. The van der Waals surface area contributed by atoms with E-state index in [1.807, 2.05) is 31.2 Å². The Kier molecular flexibility index (Phi) is 5.30. The summed E-state index contributed by atoms with van der Waals surface area (Å²) in [6.45, 7) is 4.39. The van der Waals surface area contributed by atoms with Gasteiger partial charge in [-0.3, -0.25) is 0 Å². The van der Waals surface area contributed by atoms with Gasteiger partial charge < -0.3 is 14.8 Å².